The van der Waals surface area contributed by atoms with Crippen molar-refractivity contribution < 1.29 is 5.11 Å². The molecule has 1 aromatic carbocycles. The number of aromatic hydroxyl groups is 1. The van der Waals surface area contributed by atoms with E-state index in [1.807, 2.05) is 18.2 Å². The Kier molecular flexibility index (Phi) is 5.06. The zero-order valence-corrected chi connectivity index (χ0v) is 13.0. The minimum absolute atomic E-state index is 0.243. The number of hydrogen-bond acceptors (Lipinski definition) is 3. The van der Waals surface area contributed by atoms with Crippen molar-refractivity contribution in [3.8, 4) is 5.75 Å². The predicted octanol–water partition coefficient (Wildman–Crippen LogP) is 3.16. The second-order valence-electron chi connectivity index (χ2n) is 6.51. The van der Waals surface area contributed by atoms with Crippen LogP contribution in [0, 0.1) is 5.41 Å². The van der Waals surface area contributed by atoms with Gasteiger partial charge in [0.25, 0.3) is 0 Å². The summed E-state index contributed by atoms with van der Waals surface area (Å²) in [5.41, 5.74) is 1.40. The molecule has 2 N–H and O–H groups in total. The van der Waals surface area contributed by atoms with E-state index in [0.717, 1.165) is 18.5 Å². The van der Waals surface area contributed by atoms with E-state index in [4.69, 9.17) is 0 Å². The van der Waals surface area contributed by atoms with Crippen LogP contribution < -0.4 is 5.32 Å². The van der Waals surface area contributed by atoms with Gasteiger partial charge in [0, 0.05) is 18.2 Å². The topological polar surface area (TPSA) is 35.5 Å². The molecule has 2 rings (SSSR count). The quantitative estimate of drug-likeness (QED) is 0.867. The van der Waals surface area contributed by atoms with E-state index >= 15 is 0 Å². The summed E-state index contributed by atoms with van der Waals surface area (Å²) in [6, 6.07) is 7.91. The lowest BCUT2D eigenvalue weighted by atomic mass is 9.80. The fourth-order valence-corrected chi connectivity index (χ4v) is 2.96. The van der Waals surface area contributed by atoms with Crippen LogP contribution in [0.4, 0.5) is 0 Å². The molecule has 1 saturated heterocycles. The number of hydrogen-bond donors (Lipinski definition) is 2. The van der Waals surface area contributed by atoms with E-state index < -0.39 is 0 Å². The van der Waals surface area contributed by atoms with Crippen LogP contribution in [0.1, 0.15) is 44.7 Å². The second kappa shape index (κ2) is 6.59. The van der Waals surface area contributed by atoms with Crippen molar-refractivity contribution in [1.29, 1.82) is 0 Å². The van der Waals surface area contributed by atoms with Gasteiger partial charge in [-0.25, -0.2) is 0 Å². The average Bonchev–Trinajstić information content (AvgIpc) is 2.45. The molecule has 1 aliphatic rings. The van der Waals surface area contributed by atoms with Crippen LogP contribution in [0.15, 0.2) is 24.3 Å². The van der Waals surface area contributed by atoms with Gasteiger partial charge in [0.15, 0.2) is 0 Å². The molecule has 1 heterocycles. The maximum Gasteiger partial charge on any atom is 0.120 e. The first kappa shape index (κ1) is 15.3. The highest BCUT2D eigenvalue weighted by atomic mass is 16.3. The van der Waals surface area contributed by atoms with Gasteiger partial charge in [-0.1, -0.05) is 32.0 Å². The molecule has 1 fully saturated rings. The van der Waals surface area contributed by atoms with Gasteiger partial charge >= 0.3 is 0 Å². The highest BCUT2D eigenvalue weighted by Crippen LogP contribution is 2.32. The number of benzene rings is 1. The summed E-state index contributed by atoms with van der Waals surface area (Å²) >= 11 is 0. The molecule has 0 bridgehead atoms. The van der Waals surface area contributed by atoms with Crippen LogP contribution >= 0.6 is 0 Å². The van der Waals surface area contributed by atoms with Crippen molar-refractivity contribution in [3.05, 3.63) is 29.8 Å². The summed E-state index contributed by atoms with van der Waals surface area (Å²) in [6.45, 7) is 7.94. The maximum atomic E-state index is 10.0. The molecule has 1 aliphatic heterocycles. The third kappa shape index (κ3) is 3.74. The first-order valence-electron chi connectivity index (χ1n) is 7.74. The summed E-state index contributed by atoms with van der Waals surface area (Å²) in [4.78, 5) is 2.40. The predicted molar refractivity (Wildman–Crippen MR) is 84.0 cm³/mol. The number of likely N-dealkylation sites (tertiary alicyclic amines) is 1. The molecule has 3 heteroatoms. The van der Waals surface area contributed by atoms with E-state index in [1.165, 1.54) is 25.9 Å². The lowest BCUT2D eigenvalue weighted by molar-refractivity contribution is 0.133. The van der Waals surface area contributed by atoms with E-state index in [2.05, 4.69) is 31.1 Å². The van der Waals surface area contributed by atoms with Crippen molar-refractivity contribution in [2.45, 2.75) is 39.2 Å². The van der Waals surface area contributed by atoms with Crippen LogP contribution in [-0.4, -0.2) is 36.7 Å². The monoisotopic (exact) mass is 276 g/mol. The number of phenols is 1. The molecule has 20 heavy (non-hydrogen) atoms. The van der Waals surface area contributed by atoms with E-state index in [0.29, 0.717) is 11.2 Å². The van der Waals surface area contributed by atoms with Crippen LogP contribution in [0.25, 0.3) is 0 Å². The van der Waals surface area contributed by atoms with Crippen molar-refractivity contribution in [1.82, 2.24) is 10.2 Å². The summed E-state index contributed by atoms with van der Waals surface area (Å²) in [5.74, 6) is 0.403. The Morgan fingerprint density at radius 2 is 1.95 bits per heavy atom. The molecule has 1 atom stereocenters. The minimum Gasteiger partial charge on any atom is -0.508 e. The molecule has 0 saturated carbocycles. The SMILES string of the molecule is CCC(NCC1(C)CCN(C)CC1)c1ccccc1O. The van der Waals surface area contributed by atoms with Gasteiger partial charge in [-0.3, -0.25) is 0 Å². The Morgan fingerprint density at radius 3 is 2.55 bits per heavy atom. The van der Waals surface area contributed by atoms with Crippen molar-refractivity contribution >= 4 is 0 Å². The Labute approximate surface area is 123 Å². The molecule has 0 aliphatic carbocycles. The molecular formula is C17H28N2O. The van der Waals surface area contributed by atoms with Gasteiger partial charge in [0.2, 0.25) is 0 Å². The van der Waals surface area contributed by atoms with Crippen LogP contribution in [0.2, 0.25) is 0 Å². The molecule has 1 aromatic rings. The molecule has 112 valence electrons. The zero-order chi connectivity index (χ0) is 14.6. The third-order valence-corrected chi connectivity index (χ3v) is 4.69. The second-order valence-corrected chi connectivity index (χ2v) is 6.51. The van der Waals surface area contributed by atoms with Crippen LogP contribution in [-0.2, 0) is 0 Å². The van der Waals surface area contributed by atoms with E-state index in [9.17, 15) is 5.11 Å². The molecule has 0 amide bonds. The maximum absolute atomic E-state index is 10.0. The number of nitrogens with one attached hydrogen (secondary N) is 1. The largest absolute Gasteiger partial charge is 0.508 e. The third-order valence-electron chi connectivity index (χ3n) is 4.69. The number of piperidine rings is 1. The first-order chi connectivity index (χ1) is 9.54. The van der Waals surface area contributed by atoms with Gasteiger partial charge < -0.3 is 15.3 Å². The Bertz CT molecular complexity index is 425. The smallest absolute Gasteiger partial charge is 0.120 e. The fourth-order valence-electron chi connectivity index (χ4n) is 2.96. The number of para-hydroxylation sites is 1. The van der Waals surface area contributed by atoms with Crippen molar-refractivity contribution in [2.24, 2.45) is 5.41 Å². The lowest BCUT2D eigenvalue weighted by Gasteiger charge is -2.39. The zero-order valence-electron chi connectivity index (χ0n) is 13.0. The van der Waals surface area contributed by atoms with Gasteiger partial charge in [0.05, 0.1) is 0 Å². The van der Waals surface area contributed by atoms with Gasteiger partial charge in [-0.05, 0) is 50.9 Å². The fraction of sp³-hybridized carbons (Fsp3) is 0.647. The summed E-state index contributed by atoms with van der Waals surface area (Å²) < 4.78 is 0. The summed E-state index contributed by atoms with van der Waals surface area (Å²) in [7, 11) is 2.20. The molecule has 1 unspecified atom stereocenters. The standard InChI is InChI=1S/C17H28N2O/c1-4-15(14-7-5-6-8-16(14)20)18-13-17(2)9-11-19(3)12-10-17/h5-8,15,18,20H,4,9-13H2,1-3H3. The van der Waals surface area contributed by atoms with Gasteiger partial charge in [-0.2, -0.15) is 0 Å². The van der Waals surface area contributed by atoms with Gasteiger partial charge in [0.1, 0.15) is 5.75 Å². The minimum atomic E-state index is 0.243. The molecule has 0 spiro atoms. The lowest BCUT2D eigenvalue weighted by Crippen LogP contribution is -2.42. The molecule has 0 aromatic heterocycles. The van der Waals surface area contributed by atoms with Crippen LogP contribution in [0.3, 0.4) is 0 Å². The van der Waals surface area contributed by atoms with Gasteiger partial charge in [-0.15, -0.1) is 0 Å². The Balaban J connectivity index is 1.96. The molecule has 0 radical (unpaired) electrons. The molecule has 3 nitrogen and oxygen atoms in total. The first-order valence-corrected chi connectivity index (χ1v) is 7.74. The Hall–Kier alpha value is -1.06. The normalized spacial score (nSPS) is 20.8. The number of nitrogens with zero attached hydrogens (tertiary/aromatic N) is 1. The highest BCUT2D eigenvalue weighted by Gasteiger charge is 2.29. The molecular weight excluding hydrogens is 248 g/mol. The van der Waals surface area contributed by atoms with E-state index in [-0.39, 0.29) is 6.04 Å². The summed E-state index contributed by atoms with van der Waals surface area (Å²) in [5, 5.41) is 13.7. The number of phenolic OH excluding ortho intramolecular Hbond substituents is 1. The number of rotatable bonds is 5. The van der Waals surface area contributed by atoms with Crippen molar-refractivity contribution in [3.63, 3.8) is 0 Å². The van der Waals surface area contributed by atoms with Crippen LogP contribution in [0.5, 0.6) is 5.75 Å². The van der Waals surface area contributed by atoms with Crippen molar-refractivity contribution in [2.75, 3.05) is 26.7 Å². The Morgan fingerprint density at radius 1 is 1.30 bits per heavy atom. The van der Waals surface area contributed by atoms with E-state index in [1.54, 1.807) is 6.07 Å². The summed E-state index contributed by atoms with van der Waals surface area (Å²) in [6.07, 6.45) is 3.48. The average molecular weight is 276 g/mol. The highest BCUT2D eigenvalue weighted by molar-refractivity contribution is 5.34.